The Bertz CT molecular complexity index is 674. The smallest absolute Gasteiger partial charge is 0.180 e. The number of nitrogens with one attached hydrogen (secondary N) is 1. The van der Waals surface area contributed by atoms with Gasteiger partial charge in [0.1, 0.15) is 23.2 Å². The van der Waals surface area contributed by atoms with Crippen LogP contribution in [0.4, 0.5) is 0 Å². The molecule has 1 atom stereocenters. The third kappa shape index (κ3) is 2.69. The second-order valence-corrected chi connectivity index (χ2v) is 11.0. The Hall–Kier alpha value is -1.60. The Morgan fingerprint density at radius 3 is 1.42 bits per heavy atom. The Balaban J connectivity index is 2.03. The molecule has 1 saturated heterocycles. The van der Waals surface area contributed by atoms with E-state index < -0.39 is 7.26 Å². The Morgan fingerprint density at radius 1 is 0.667 bits per heavy atom. The number of hydrogen-bond acceptors (Lipinski definition) is 2. The van der Waals surface area contributed by atoms with Crippen LogP contribution >= 0.6 is 19.0 Å². The summed E-state index contributed by atoms with van der Waals surface area (Å²) in [5.74, 6) is 1.18. The topological polar surface area (TPSA) is 12.0 Å². The highest BCUT2D eigenvalue weighted by molar-refractivity contribution is 8.14. The van der Waals surface area contributed by atoms with E-state index in [1.54, 1.807) is 0 Å². The predicted octanol–water partition coefficient (Wildman–Crippen LogP) is 3.60. The molecule has 0 aromatic heterocycles. The van der Waals surface area contributed by atoms with Crippen molar-refractivity contribution >= 4 is 34.9 Å². The fourth-order valence-corrected chi connectivity index (χ4v) is 10.5. The van der Waals surface area contributed by atoms with E-state index in [2.05, 4.69) is 108 Å². The molecule has 24 heavy (non-hydrogen) atoms. The minimum atomic E-state index is -1.75. The average molecular weight is 350 g/mol. The van der Waals surface area contributed by atoms with Crippen LogP contribution in [0.15, 0.2) is 91.0 Å². The molecule has 1 heterocycles. The first kappa shape index (κ1) is 15.9. The lowest BCUT2D eigenvalue weighted by Crippen LogP contribution is -2.41. The van der Waals surface area contributed by atoms with E-state index in [0.717, 1.165) is 6.54 Å². The summed E-state index contributed by atoms with van der Waals surface area (Å²) < 4.78 is 0. The summed E-state index contributed by atoms with van der Waals surface area (Å²) in [4.78, 5) is 0. The molecule has 0 bridgehead atoms. The van der Waals surface area contributed by atoms with Gasteiger partial charge in [0.25, 0.3) is 0 Å². The van der Waals surface area contributed by atoms with Gasteiger partial charge in [-0.25, -0.2) is 0 Å². The minimum Gasteiger partial charge on any atom is -0.272 e. The molecule has 3 aromatic rings. The van der Waals surface area contributed by atoms with Crippen molar-refractivity contribution in [3.63, 3.8) is 0 Å². The summed E-state index contributed by atoms with van der Waals surface area (Å²) in [5.41, 5.74) is 0. The number of thioether (sulfide) groups is 1. The normalized spacial score (nSPS) is 17.8. The summed E-state index contributed by atoms with van der Waals surface area (Å²) in [6, 6.07) is 33.3. The molecular weight excluding hydrogens is 329 g/mol. The van der Waals surface area contributed by atoms with E-state index in [1.165, 1.54) is 21.7 Å². The van der Waals surface area contributed by atoms with Gasteiger partial charge < -0.3 is 0 Å². The van der Waals surface area contributed by atoms with Gasteiger partial charge in [0.05, 0.1) is 0 Å². The second kappa shape index (κ2) is 7.11. The first-order valence-electron chi connectivity index (χ1n) is 8.33. The van der Waals surface area contributed by atoms with Crippen molar-refractivity contribution in [2.45, 2.75) is 5.11 Å². The highest BCUT2D eigenvalue weighted by atomic mass is 32.2. The maximum absolute atomic E-state index is 3.81. The molecule has 1 fully saturated rings. The zero-order chi connectivity index (χ0) is 16.2. The maximum Gasteiger partial charge on any atom is 0.180 e. The molecule has 4 rings (SSSR count). The molecular formula is C21H21NPS+. The molecule has 1 aliphatic rings. The third-order valence-corrected chi connectivity index (χ3v) is 11.1. The van der Waals surface area contributed by atoms with Crippen molar-refractivity contribution in [1.82, 2.24) is 5.32 Å². The largest absolute Gasteiger partial charge is 0.272 e. The minimum absolute atomic E-state index is 0.435. The molecule has 1 N–H and O–H groups in total. The summed E-state index contributed by atoms with van der Waals surface area (Å²) >= 11 is 2.07. The zero-order valence-electron chi connectivity index (χ0n) is 13.5. The van der Waals surface area contributed by atoms with Crippen LogP contribution in [0.1, 0.15) is 0 Å². The Morgan fingerprint density at radius 2 is 1.08 bits per heavy atom. The van der Waals surface area contributed by atoms with Crippen molar-refractivity contribution in [2.24, 2.45) is 0 Å². The van der Waals surface area contributed by atoms with E-state index in [4.69, 9.17) is 0 Å². The van der Waals surface area contributed by atoms with Gasteiger partial charge in [-0.3, -0.25) is 5.32 Å². The van der Waals surface area contributed by atoms with E-state index in [0.29, 0.717) is 5.11 Å². The monoisotopic (exact) mass is 350 g/mol. The van der Waals surface area contributed by atoms with Gasteiger partial charge in [0.2, 0.25) is 0 Å². The van der Waals surface area contributed by atoms with Gasteiger partial charge in [0.15, 0.2) is 5.11 Å². The molecule has 1 nitrogen and oxygen atoms in total. The Labute approximate surface area is 148 Å². The molecule has 1 unspecified atom stereocenters. The lowest BCUT2D eigenvalue weighted by molar-refractivity contribution is 0.847. The lowest BCUT2D eigenvalue weighted by Gasteiger charge is -2.32. The second-order valence-electron chi connectivity index (χ2n) is 5.91. The Kier molecular flexibility index (Phi) is 4.71. The van der Waals surface area contributed by atoms with Gasteiger partial charge in [-0.15, -0.1) is 0 Å². The summed E-state index contributed by atoms with van der Waals surface area (Å²) in [6.07, 6.45) is 0. The van der Waals surface area contributed by atoms with Crippen molar-refractivity contribution in [1.29, 1.82) is 0 Å². The molecule has 3 aromatic carbocycles. The molecule has 1 aliphatic heterocycles. The SMILES string of the molecule is c1ccc([P+](c2ccccc2)(c2ccccc2)C2NCCS2)cc1. The van der Waals surface area contributed by atoms with Gasteiger partial charge in [-0.1, -0.05) is 66.4 Å². The molecule has 3 heteroatoms. The van der Waals surface area contributed by atoms with Crippen molar-refractivity contribution in [3.8, 4) is 0 Å². The van der Waals surface area contributed by atoms with Crippen molar-refractivity contribution in [2.75, 3.05) is 12.3 Å². The van der Waals surface area contributed by atoms with Crippen LogP contribution < -0.4 is 21.2 Å². The molecule has 120 valence electrons. The van der Waals surface area contributed by atoms with E-state index in [9.17, 15) is 0 Å². The van der Waals surface area contributed by atoms with E-state index in [-0.39, 0.29) is 0 Å². The van der Waals surface area contributed by atoms with Crippen molar-refractivity contribution in [3.05, 3.63) is 91.0 Å². The molecule has 0 radical (unpaired) electrons. The summed E-state index contributed by atoms with van der Waals surface area (Å²) in [5, 5.41) is 8.60. The number of hydrogen-bond donors (Lipinski definition) is 1. The van der Waals surface area contributed by atoms with Crippen LogP contribution in [-0.2, 0) is 0 Å². The fourth-order valence-electron chi connectivity index (χ4n) is 3.50. The van der Waals surface area contributed by atoms with Gasteiger partial charge in [0, 0.05) is 12.3 Å². The fraction of sp³-hybridized carbons (Fsp3) is 0.143. The molecule has 0 amide bonds. The lowest BCUT2D eigenvalue weighted by atomic mass is 10.4. The number of rotatable bonds is 4. The quantitative estimate of drug-likeness (QED) is 0.722. The van der Waals surface area contributed by atoms with Crippen LogP contribution in [0.5, 0.6) is 0 Å². The molecule has 0 saturated carbocycles. The van der Waals surface area contributed by atoms with Gasteiger partial charge >= 0.3 is 0 Å². The average Bonchev–Trinajstić information content (AvgIpc) is 3.20. The highest BCUT2D eigenvalue weighted by Crippen LogP contribution is 2.62. The van der Waals surface area contributed by atoms with E-state index in [1.807, 2.05) is 0 Å². The number of benzene rings is 3. The summed E-state index contributed by atoms with van der Waals surface area (Å²) in [7, 11) is -1.75. The third-order valence-electron chi connectivity index (χ3n) is 4.54. The first-order valence-corrected chi connectivity index (χ1v) is 11.2. The maximum atomic E-state index is 3.81. The van der Waals surface area contributed by atoms with Crippen LogP contribution in [0, 0.1) is 0 Å². The first-order chi connectivity index (χ1) is 11.9. The predicted molar refractivity (Wildman–Crippen MR) is 109 cm³/mol. The highest BCUT2D eigenvalue weighted by Gasteiger charge is 2.53. The van der Waals surface area contributed by atoms with Gasteiger partial charge in [-0.2, -0.15) is 0 Å². The standard InChI is InChI=1S/C21H21NPS/c1-4-10-18(11-5-1)23(21-22-16-17-24-21,19-12-6-2-7-13-19)20-14-8-3-9-15-20/h1-15,21-22H,16-17H2/q+1. The van der Waals surface area contributed by atoms with Crippen LogP contribution in [0.25, 0.3) is 0 Å². The molecule has 0 spiro atoms. The van der Waals surface area contributed by atoms with Crippen LogP contribution in [-0.4, -0.2) is 17.4 Å². The summed E-state index contributed by atoms with van der Waals surface area (Å²) in [6.45, 7) is 1.09. The van der Waals surface area contributed by atoms with Crippen molar-refractivity contribution < 1.29 is 0 Å². The van der Waals surface area contributed by atoms with Crippen LogP contribution in [0.2, 0.25) is 0 Å². The van der Waals surface area contributed by atoms with E-state index >= 15 is 0 Å². The van der Waals surface area contributed by atoms with Gasteiger partial charge in [-0.05, 0) is 36.4 Å². The zero-order valence-corrected chi connectivity index (χ0v) is 15.2. The van der Waals surface area contributed by atoms with Crippen LogP contribution in [0.3, 0.4) is 0 Å². The molecule has 0 aliphatic carbocycles.